The van der Waals surface area contributed by atoms with Gasteiger partial charge in [-0.05, 0) is 17.2 Å². The SMILES string of the molecule is O=C(O)C(Cc1cnn(Cc2ccccc2Cl)c1)(C(=O)O)C(=O)O. The van der Waals surface area contributed by atoms with Crippen molar-refractivity contribution in [1.29, 1.82) is 0 Å². The summed E-state index contributed by atoms with van der Waals surface area (Å²) < 4.78 is 1.42. The fourth-order valence-electron chi connectivity index (χ4n) is 2.19. The molecule has 0 aliphatic rings. The van der Waals surface area contributed by atoms with Gasteiger partial charge in [-0.15, -0.1) is 0 Å². The van der Waals surface area contributed by atoms with Gasteiger partial charge < -0.3 is 15.3 Å². The Hall–Kier alpha value is -2.87. The van der Waals surface area contributed by atoms with Crippen molar-refractivity contribution in [1.82, 2.24) is 9.78 Å². The Morgan fingerprint density at radius 1 is 1.08 bits per heavy atom. The van der Waals surface area contributed by atoms with Crippen molar-refractivity contribution in [2.24, 2.45) is 5.41 Å². The average Bonchev–Trinajstić information content (AvgIpc) is 2.93. The summed E-state index contributed by atoms with van der Waals surface area (Å²) in [5, 5.41) is 31.8. The van der Waals surface area contributed by atoms with E-state index in [-0.39, 0.29) is 12.1 Å². The quantitative estimate of drug-likeness (QED) is 0.641. The smallest absolute Gasteiger partial charge is 0.333 e. The molecule has 0 radical (unpaired) electrons. The molecular formula is C15H13ClN2O6. The summed E-state index contributed by atoms with van der Waals surface area (Å²) in [6.45, 7) is 0.278. The number of aromatic nitrogens is 2. The van der Waals surface area contributed by atoms with Gasteiger partial charge in [0.1, 0.15) is 0 Å². The number of carbonyl (C=O) groups is 3. The molecule has 0 fully saturated rings. The normalized spacial score (nSPS) is 11.2. The number of carboxylic acid groups (broad SMARTS) is 3. The van der Waals surface area contributed by atoms with Gasteiger partial charge in [-0.25, -0.2) is 0 Å². The number of hydrogen-bond donors (Lipinski definition) is 3. The Labute approximate surface area is 140 Å². The Balaban J connectivity index is 2.27. The predicted octanol–water partition coefficient (Wildman–Crippen LogP) is 1.37. The fraction of sp³-hybridized carbons (Fsp3) is 0.200. The molecule has 0 atom stereocenters. The third kappa shape index (κ3) is 3.23. The zero-order chi connectivity index (χ0) is 17.9. The number of aliphatic carboxylic acids is 3. The van der Waals surface area contributed by atoms with Gasteiger partial charge in [-0.3, -0.25) is 19.1 Å². The molecule has 2 aromatic rings. The van der Waals surface area contributed by atoms with E-state index in [0.29, 0.717) is 5.02 Å². The minimum absolute atomic E-state index is 0.175. The number of hydrogen-bond acceptors (Lipinski definition) is 4. The maximum absolute atomic E-state index is 11.2. The van der Waals surface area contributed by atoms with Crippen LogP contribution in [0.25, 0.3) is 0 Å². The molecule has 0 aliphatic carbocycles. The number of carboxylic acids is 3. The molecule has 8 nitrogen and oxygen atoms in total. The first-order valence-electron chi connectivity index (χ1n) is 6.72. The minimum atomic E-state index is -2.96. The highest BCUT2D eigenvalue weighted by molar-refractivity contribution is 6.31. The lowest BCUT2D eigenvalue weighted by atomic mass is 9.82. The van der Waals surface area contributed by atoms with Gasteiger partial charge in [-0.2, -0.15) is 5.10 Å². The highest BCUT2D eigenvalue weighted by Gasteiger charge is 2.54. The predicted molar refractivity (Wildman–Crippen MR) is 81.8 cm³/mol. The van der Waals surface area contributed by atoms with Crippen LogP contribution in [-0.2, 0) is 27.3 Å². The van der Waals surface area contributed by atoms with Gasteiger partial charge in [-0.1, -0.05) is 29.8 Å². The Kier molecular flexibility index (Phi) is 4.89. The van der Waals surface area contributed by atoms with Crippen LogP contribution in [0.2, 0.25) is 5.02 Å². The molecule has 24 heavy (non-hydrogen) atoms. The van der Waals surface area contributed by atoms with Crippen LogP contribution < -0.4 is 0 Å². The van der Waals surface area contributed by atoms with Gasteiger partial charge in [0.05, 0.1) is 12.7 Å². The van der Waals surface area contributed by atoms with E-state index in [4.69, 9.17) is 26.9 Å². The summed E-state index contributed by atoms with van der Waals surface area (Å²) >= 11 is 6.04. The Morgan fingerprint density at radius 2 is 1.67 bits per heavy atom. The summed E-state index contributed by atoms with van der Waals surface area (Å²) in [5.74, 6) is -5.83. The molecule has 9 heteroatoms. The highest BCUT2D eigenvalue weighted by atomic mass is 35.5. The monoisotopic (exact) mass is 352 g/mol. The zero-order valence-electron chi connectivity index (χ0n) is 12.2. The second-order valence-corrected chi connectivity index (χ2v) is 5.54. The molecule has 0 spiro atoms. The minimum Gasteiger partial charge on any atom is -0.480 e. The summed E-state index contributed by atoms with van der Waals surface area (Å²) in [5.41, 5.74) is -2.03. The van der Waals surface area contributed by atoms with Crippen LogP contribution in [0.4, 0.5) is 0 Å². The van der Waals surface area contributed by atoms with Crippen LogP contribution in [0.5, 0.6) is 0 Å². The van der Waals surface area contributed by atoms with E-state index in [1.807, 2.05) is 0 Å². The van der Waals surface area contributed by atoms with Crippen LogP contribution in [-0.4, -0.2) is 43.0 Å². The molecule has 1 aromatic carbocycles. The van der Waals surface area contributed by atoms with E-state index in [1.165, 1.54) is 17.1 Å². The van der Waals surface area contributed by atoms with Crippen molar-refractivity contribution >= 4 is 29.5 Å². The van der Waals surface area contributed by atoms with Crippen LogP contribution in [0, 0.1) is 5.41 Å². The molecule has 0 unspecified atom stereocenters. The molecule has 0 saturated heterocycles. The maximum Gasteiger partial charge on any atom is 0.333 e. The van der Waals surface area contributed by atoms with E-state index < -0.39 is 29.7 Å². The molecule has 2 rings (SSSR count). The van der Waals surface area contributed by atoms with Gasteiger partial charge in [0.25, 0.3) is 5.41 Å². The van der Waals surface area contributed by atoms with Crippen LogP contribution >= 0.6 is 11.6 Å². The number of nitrogens with zero attached hydrogens (tertiary/aromatic N) is 2. The fourth-order valence-corrected chi connectivity index (χ4v) is 2.39. The first-order chi connectivity index (χ1) is 11.3. The third-order valence-electron chi connectivity index (χ3n) is 3.54. The second-order valence-electron chi connectivity index (χ2n) is 5.14. The van der Waals surface area contributed by atoms with Crippen LogP contribution in [0.15, 0.2) is 36.7 Å². The van der Waals surface area contributed by atoms with Crippen molar-refractivity contribution < 1.29 is 29.7 Å². The summed E-state index contributed by atoms with van der Waals surface area (Å²) in [7, 11) is 0. The number of benzene rings is 1. The summed E-state index contributed by atoms with van der Waals surface area (Å²) in [6, 6.07) is 7.03. The lowest BCUT2D eigenvalue weighted by Gasteiger charge is -2.18. The van der Waals surface area contributed by atoms with Gasteiger partial charge in [0.2, 0.25) is 0 Å². The molecule has 0 saturated carbocycles. The molecule has 0 amide bonds. The molecule has 1 heterocycles. The van der Waals surface area contributed by atoms with Crippen LogP contribution in [0.3, 0.4) is 0 Å². The van der Waals surface area contributed by atoms with Crippen molar-refractivity contribution in [3.8, 4) is 0 Å². The number of rotatable bonds is 7. The van der Waals surface area contributed by atoms with Gasteiger partial charge in [0.15, 0.2) is 0 Å². The van der Waals surface area contributed by atoms with Crippen molar-refractivity contribution in [2.45, 2.75) is 13.0 Å². The van der Waals surface area contributed by atoms with Crippen molar-refractivity contribution in [2.75, 3.05) is 0 Å². The summed E-state index contributed by atoms with van der Waals surface area (Å²) in [6.07, 6.45) is 1.91. The zero-order valence-corrected chi connectivity index (χ0v) is 13.0. The molecule has 0 bridgehead atoms. The van der Waals surface area contributed by atoms with Crippen molar-refractivity contribution in [3.63, 3.8) is 0 Å². The Bertz CT molecular complexity index is 765. The Morgan fingerprint density at radius 3 is 2.21 bits per heavy atom. The van der Waals surface area contributed by atoms with E-state index in [0.717, 1.165) is 5.56 Å². The first kappa shape index (κ1) is 17.5. The summed E-state index contributed by atoms with van der Waals surface area (Å²) in [4.78, 5) is 33.7. The van der Waals surface area contributed by atoms with E-state index in [9.17, 15) is 14.4 Å². The molecular weight excluding hydrogens is 340 g/mol. The van der Waals surface area contributed by atoms with E-state index >= 15 is 0 Å². The average molecular weight is 353 g/mol. The highest BCUT2D eigenvalue weighted by Crippen LogP contribution is 2.25. The second kappa shape index (κ2) is 6.71. The number of halogens is 1. The van der Waals surface area contributed by atoms with Crippen LogP contribution in [0.1, 0.15) is 11.1 Å². The molecule has 3 N–H and O–H groups in total. The topological polar surface area (TPSA) is 130 Å². The van der Waals surface area contributed by atoms with Crippen molar-refractivity contribution in [3.05, 3.63) is 52.8 Å². The standard InChI is InChI=1S/C15H13ClN2O6/c16-11-4-2-1-3-10(11)8-18-7-9(6-17-18)5-15(12(19)20,13(21)22)14(23)24/h1-4,6-7H,5,8H2,(H,19,20)(H,21,22)(H,23,24). The van der Waals surface area contributed by atoms with Gasteiger partial charge in [0, 0.05) is 17.6 Å². The lowest BCUT2D eigenvalue weighted by molar-refractivity contribution is -0.175. The third-order valence-corrected chi connectivity index (χ3v) is 3.91. The van der Waals surface area contributed by atoms with E-state index in [2.05, 4.69) is 5.10 Å². The molecule has 0 aliphatic heterocycles. The maximum atomic E-state index is 11.2. The molecule has 126 valence electrons. The van der Waals surface area contributed by atoms with E-state index in [1.54, 1.807) is 24.3 Å². The van der Waals surface area contributed by atoms with Gasteiger partial charge >= 0.3 is 17.9 Å². The lowest BCUT2D eigenvalue weighted by Crippen LogP contribution is -2.48. The largest absolute Gasteiger partial charge is 0.480 e. The molecule has 1 aromatic heterocycles. The first-order valence-corrected chi connectivity index (χ1v) is 7.10.